The van der Waals surface area contributed by atoms with Gasteiger partial charge in [0.1, 0.15) is 12.4 Å². The van der Waals surface area contributed by atoms with Crippen molar-refractivity contribution in [1.82, 2.24) is 0 Å². The molecule has 0 fully saturated rings. The normalized spacial score (nSPS) is 10.5. The molecule has 2 aromatic carbocycles. The maximum Gasteiger partial charge on any atom is 0.120 e. The molecule has 0 unspecified atom stereocenters. The second-order valence-corrected chi connectivity index (χ2v) is 6.71. The van der Waals surface area contributed by atoms with Crippen LogP contribution in [0.2, 0.25) is 0 Å². The van der Waals surface area contributed by atoms with Crippen molar-refractivity contribution in [1.29, 1.82) is 0 Å². The van der Waals surface area contributed by atoms with E-state index in [9.17, 15) is 0 Å². The van der Waals surface area contributed by atoms with Crippen molar-refractivity contribution in [3.8, 4) is 5.75 Å². The maximum atomic E-state index is 5.74. The van der Waals surface area contributed by atoms with Gasteiger partial charge in [0, 0.05) is 0 Å². The van der Waals surface area contributed by atoms with E-state index < -0.39 is 0 Å². The third kappa shape index (κ3) is 3.86. The second-order valence-electron chi connectivity index (χ2n) is 3.65. The Morgan fingerprint density at radius 3 is 2.41 bits per heavy atom. The zero-order valence-electron chi connectivity index (χ0n) is 9.14. The second kappa shape index (κ2) is 6.22. The number of ether oxygens (including phenoxy) is 1. The molecule has 0 aliphatic carbocycles. The van der Waals surface area contributed by atoms with E-state index in [4.69, 9.17) is 4.74 Å². The zero-order valence-corrected chi connectivity index (χ0v) is 12.3. The van der Waals surface area contributed by atoms with Crippen LogP contribution >= 0.6 is 31.9 Å². The Morgan fingerprint density at radius 2 is 1.71 bits per heavy atom. The van der Waals surface area contributed by atoms with E-state index in [0.717, 1.165) is 11.3 Å². The van der Waals surface area contributed by atoms with Crippen LogP contribution in [0, 0.1) is 0 Å². The van der Waals surface area contributed by atoms with E-state index in [1.54, 1.807) is 0 Å². The number of alkyl halides is 2. The Kier molecular flexibility index (Phi) is 4.63. The van der Waals surface area contributed by atoms with Crippen LogP contribution in [-0.4, -0.2) is 0 Å². The van der Waals surface area contributed by atoms with Crippen molar-refractivity contribution in [3.63, 3.8) is 0 Å². The van der Waals surface area contributed by atoms with Gasteiger partial charge in [-0.2, -0.15) is 0 Å². The minimum Gasteiger partial charge on any atom is -0.489 e. The summed E-state index contributed by atoms with van der Waals surface area (Å²) in [5.41, 5.74) is 2.32. The molecule has 1 nitrogen and oxygen atoms in total. The number of rotatable bonds is 4. The molecular weight excluding hydrogens is 344 g/mol. The van der Waals surface area contributed by atoms with Crippen LogP contribution in [0.25, 0.3) is 0 Å². The fourth-order valence-electron chi connectivity index (χ4n) is 1.48. The predicted molar refractivity (Wildman–Crippen MR) is 77.8 cm³/mol. The number of halogens is 2. The van der Waals surface area contributed by atoms with Crippen molar-refractivity contribution >= 4 is 31.9 Å². The molecule has 2 rings (SSSR count). The van der Waals surface area contributed by atoms with Crippen LogP contribution in [0.1, 0.15) is 14.9 Å². The summed E-state index contributed by atoms with van der Waals surface area (Å²) >= 11 is 6.95. The van der Waals surface area contributed by atoms with Crippen molar-refractivity contribution in [2.24, 2.45) is 0 Å². The number of hydrogen-bond donors (Lipinski definition) is 0. The molecule has 0 aliphatic rings. The average molecular weight is 356 g/mol. The molecule has 0 spiro atoms. The third-order valence-corrected chi connectivity index (χ3v) is 3.42. The van der Waals surface area contributed by atoms with Crippen molar-refractivity contribution in [2.75, 3.05) is 0 Å². The summed E-state index contributed by atoms with van der Waals surface area (Å²) in [5, 5.41) is 0. The molecule has 0 bridgehead atoms. The zero-order chi connectivity index (χ0) is 12.1. The first-order chi connectivity index (χ1) is 8.25. The van der Waals surface area contributed by atoms with Gasteiger partial charge in [0.05, 0.1) is 3.74 Å². The molecule has 0 amide bonds. The molecule has 17 heavy (non-hydrogen) atoms. The quantitative estimate of drug-likeness (QED) is 0.697. The fourth-order valence-corrected chi connectivity index (χ4v) is 2.05. The fraction of sp³-hybridized carbons (Fsp3) is 0.143. The van der Waals surface area contributed by atoms with Gasteiger partial charge >= 0.3 is 0 Å². The first-order valence-electron chi connectivity index (χ1n) is 5.30. The highest BCUT2D eigenvalue weighted by Crippen LogP contribution is 2.31. The van der Waals surface area contributed by atoms with E-state index in [0.29, 0.717) is 6.61 Å². The standard InChI is InChI=1S/C14H12Br2O/c15-14(16)12-7-4-8-13(9-12)17-10-11-5-2-1-3-6-11/h1-9,14H,10H2. The molecule has 0 atom stereocenters. The molecule has 0 N–H and O–H groups in total. The smallest absolute Gasteiger partial charge is 0.120 e. The van der Waals surface area contributed by atoms with Gasteiger partial charge in [-0.3, -0.25) is 0 Å². The lowest BCUT2D eigenvalue weighted by Gasteiger charge is -2.08. The van der Waals surface area contributed by atoms with Crippen LogP contribution in [0.4, 0.5) is 0 Å². The molecule has 0 saturated heterocycles. The SMILES string of the molecule is BrC(Br)c1cccc(OCc2ccccc2)c1. The summed E-state index contributed by atoms with van der Waals surface area (Å²) in [6, 6.07) is 18.2. The number of benzene rings is 2. The minimum atomic E-state index is 0.162. The topological polar surface area (TPSA) is 9.23 Å². The Bertz CT molecular complexity index is 469. The van der Waals surface area contributed by atoms with Crippen molar-refractivity contribution in [2.45, 2.75) is 10.3 Å². The van der Waals surface area contributed by atoms with Crippen molar-refractivity contribution < 1.29 is 4.74 Å². The molecule has 88 valence electrons. The molecule has 3 heteroatoms. The highest BCUT2D eigenvalue weighted by molar-refractivity contribution is 9.24. The summed E-state index contributed by atoms with van der Waals surface area (Å²) in [5.74, 6) is 0.884. The van der Waals surface area contributed by atoms with Crippen LogP contribution in [0.5, 0.6) is 5.75 Å². The van der Waals surface area contributed by atoms with E-state index in [-0.39, 0.29) is 3.74 Å². The maximum absolute atomic E-state index is 5.74. The van der Waals surface area contributed by atoms with E-state index in [2.05, 4.69) is 44.0 Å². The van der Waals surface area contributed by atoms with Crippen LogP contribution in [-0.2, 0) is 6.61 Å². The lowest BCUT2D eigenvalue weighted by molar-refractivity contribution is 0.306. The first-order valence-corrected chi connectivity index (χ1v) is 7.13. The highest BCUT2D eigenvalue weighted by atomic mass is 79.9. The van der Waals surface area contributed by atoms with Gasteiger partial charge in [0.15, 0.2) is 0 Å². The minimum absolute atomic E-state index is 0.162. The monoisotopic (exact) mass is 354 g/mol. The van der Waals surface area contributed by atoms with Crippen molar-refractivity contribution in [3.05, 3.63) is 65.7 Å². The molecule has 0 saturated carbocycles. The van der Waals surface area contributed by atoms with Gasteiger partial charge in [0.2, 0.25) is 0 Å². The van der Waals surface area contributed by atoms with Gasteiger partial charge in [-0.1, -0.05) is 74.3 Å². The Hall–Kier alpha value is -0.800. The Labute approximate surface area is 118 Å². The summed E-state index contributed by atoms with van der Waals surface area (Å²) in [6.07, 6.45) is 0. The average Bonchev–Trinajstić information content (AvgIpc) is 2.38. The number of hydrogen-bond acceptors (Lipinski definition) is 1. The van der Waals surface area contributed by atoms with E-state index >= 15 is 0 Å². The van der Waals surface area contributed by atoms with Gasteiger partial charge in [-0.25, -0.2) is 0 Å². The van der Waals surface area contributed by atoms with Crippen LogP contribution in [0.15, 0.2) is 54.6 Å². The largest absolute Gasteiger partial charge is 0.489 e. The van der Waals surface area contributed by atoms with E-state index in [1.165, 1.54) is 5.56 Å². The summed E-state index contributed by atoms with van der Waals surface area (Å²) < 4.78 is 5.90. The van der Waals surface area contributed by atoms with Gasteiger partial charge < -0.3 is 4.74 Å². The molecular formula is C14H12Br2O. The van der Waals surface area contributed by atoms with E-state index in [1.807, 2.05) is 42.5 Å². The Balaban J connectivity index is 2.02. The summed E-state index contributed by atoms with van der Waals surface area (Å²) in [4.78, 5) is 0. The summed E-state index contributed by atoms with van der Waals surface area (Å²) in [7, 11) is 0. The van der Waals surface area contributed by atoms with Gasteiger partial charge in [0.25, 0.3) is 0 Å². The first kappa shape index (κ1) is 12.7. The lowest BCUT2D eigenvalue weighted by Crippen LogP contribution is -1.95. The highest BCUT2D eigenvalue weighted by Gasteiger charge is 2.03. The van der Waals surface area contributed by atoms with Gasteiger partial charge in [-0.15, -0.1) is 0 Å². The third-order valence-electron chi connectivity index (χ3n) is 2.36. The molecule has 0 heterocycles. The summed E-state index contributed by atoms with van der Waals surface area (Å²) in [6.45, 7) is 0.597. The Morgan fingerprint density at radius 1 is 0.941 bits per heavy atom. The van der Waals surface area contributed by atoms with Gasteiger partial charge in [-0.05, 0) is 23.3 Å². The molecule has 0 aromatic heterocycles. The lowest BCUT2D eigenvalue weighted by atomic mass is 10.2. The molecule has 0 radical (unpaired) electrons. The van der Waals surface area contributed by atoms with Crippen LogP contribution < -0.4 is 4.74 Å². The van der Waals surface area contributed by atoms with Crippen LogP contribution in [0.3, 0.4) is 0 Å². The predicted octanol–water partition coefficient (Wildman–Crippen LogP) is 5.05. The molecule has 2 aromatic rings. The molecule has 0 aliphatic heterocycles.